The highest BCUT2D eigenvalue weighted by Crippen LogP contribution is 2.15. The van der Waals surface area contributed by atoms with E-state index in [1.54, 1.807) is 0 Å². The Morgan fingerprint density at radius 1 is 1.25 bits per heavy atom. The molecule has 1 nitrogen and oxygen atoms in total. The Kier molecular flexibility index (Phi) is 6.04. The molecule has 0 aromatic carbocycles. The molecule has 0 bridgehead atoms. The lowest BCUT2D eigenvalue weighted by Gasteiger charge is -2.17. The third kappa shape index (κ3) is 4.45. The van der Waals surface area contributed by atoms with E-state index in [1.807, 2.05) is 0 Å². The van der Waals surface area contributed by atoms with Crippen molar-refractivity contribution in [1.82, 2.24) is 0 Å². The van der Waals surface area contributed by atoms with Gasteiger partial charge in [-0.05, 0) is 32.1 Å². The first-order valence-corrected chi connectivity index (χ1v) is 6.28. The normalized spacial score (nSPS) is 24.9. The van der Waals surface area contributed by atoms with Crippen LogP contribution < -0.4 is 0 Å². The number of hydrogen-bond acceptors (Lipinski definition) is 1. The first-order valence-electron chi connectivity index (χ1n) is 4.76. The second kappa shape index (κ2) is 6.89. The summed E-state index contributed by atoms with van der Waals surface area (Å²) in [5, 5.41) is 0. The van der Waals surface area contributed by atoms with Crippen molar-refractivity contribution in [3.8, 4) is 0 Å². The van der Waals surface area contributed by atoms with Gasteiger partial charge in [-0.25, -0.2) is 0 Å². The Morgan fingerprint density at radius 3 is 2.92 bits per heavy atom. The summed E-state index contributed by atoms with van der Waals surface area (Å²) in [7, 11) is 0. The molecule has 1 atom stereocenters. The van der Waals surface area contributed by atoms with Crippen LogP contribution >= 0.6 is 22.6 Å². The summed E-state index contributed by atoms with van der Waals surface area (Å²) in [4.78, 5) is 0. The molecule has 1 unspecified atom stereocenters. The Balaban J connectivity index is 2.18. The lowest BCUT2D eigenvalue weighted by molar-refractivity contribution is 0.0524. The van der Waals surface area contributed by atoms with Crippen LogP contribution in [0.1, 0.15) is 32.1 Å². The number of ether oxygens (including phenoxy) is 1. The van der Waals surface area contributed by atoms with Crippen LogP contribution in [0.5, 0.6) is 0 Å². The maximum absolute atomic E-state index is 5.73. The number of rotatable bonds is 3. The molecule has 0 aliphatic heterocycles. The van der Waals surface area contributed by atoms with Gasteiger partial charge in [0.05, 0.1) is 12.7 Å². The molecule has 2 heteroatoms. The Bertz CT molecular complexity index is 134. The van der Waals surface area contributed by atoms with Crippen molar-refractivity contribution in [3.63, 3.8) is 0 Å². The van der Waals surface area contributed by atoms with E-state index in [4.69, 9.17) is 4.74 Å². The molecule has 1 aliphatic carbocycles. The zero-order valence-electron chi connectivity index (χ0n) is 7.47. The molecule has 0 N–H and O–H groups in total. The van der Waals surface area contributed by atoms with Crippen molar-refractivity contribution in [2.75, 3.05) is 11.0 Å². The van der Waals surface area contributed by atoms with Crippen molar-refractivity contribution in [2.45, 2.75) is 38.2 Å². The van der Waals surface area contributed by atoms with Crippen LogP contribution in [0.2, 0.25) is 0 Å². The van der Waals surface area contributed by atoms with Gasteiger partial charge in [-0.2, -0.15) is 0 Å². The number of halogens is 1. The summed E-state index contributed by atoms with van der Waals surface area (Å²) in [5.41, 5.74) is 0. The maximum atomic E-state index is 5.73. The highest BCUT2D eigenvalue weighted by atomic mass is 124. The minimum atomic E-state index is 0.532. The fourth-order valence-corrected chi connectivity index (χ4v) is 1.76. The largest absolute Gasteiger partial charge is 0.377 e. The van der Waals surface area contributed by atoms with Crippen molar-refractivity contribution in [2.24, 2.45) is 0 Å². The zero-order chi connectivity index (χ0) is 8.65. The van der Waals surface area contributed by atoms with Gasteiger partial charge < -0.3 is 4.74 Å². The van der Waals surface area contributed by atoms with E-state index in [1.165, 1.54) is 32.1 Å². The summed E-state index contributed by atoms with van der Waals surface area (Å²) < 4.78 is 6.84. The Hall–Kier alpha value is 0.430. The van der Waals surface area contributed by atoms with Gasteiger partial charge in [0.1, 0.15) is 0 Å². The molecule has 70 valence electrons. The van der Waals surface area contributed by atoms with Crippen molar-refractivity contribution < 1.29 is 4.74 Å². The highest BCUT2D eigenvalue weighted by Gasteiger charge is 2.08. The molecule has 0 aromatic heterocycles. The molecule has 1 aliphatic rings. The number of hydrogen-bond donors (Lipinski definition) is 0. The summed E-state index contributed by atoms with van der Waals surface area (Å²) >= 11 is 2.36. The Morgan fingerprint density at radius 2 is 2.08 bits per heavy atom. The van der Waals surface area contributed by atoms with Gasteiger partial charge in [0, 0.05) is 4.43 Å². The van der Waals surface area contributed by atoms with Crippen LogP contribution in [-0.2, 0) is 4.74 Å². The molecular weight excluding hydrogens is 260 g/mol. The molecule has 0 saturated heterocycles. The second-order valence-corrected chi connectivity index (χ2v) is 4.24. The fourth-order valence-electron chi connectivity index (χ4n) is 1.50. The van der Waals surface area contributed by atoms with E-state index in [-0.39, 0.29) is 0 Å². The first-order chi connectivity index (χ1) is 5.93. The molecule has 0 saturated carbocycles. The molecule has 0 spiro atoms. The topological polar surface area (TPSA) is 9.23 Å². The van der Waals surface area contributed by atoms with Gasteiger partial charge in [0.25, 0.3) is 0 Å². The average molecular weight is 277 g/mol. The van der Waals surface area contributed by atoms with Gasteiger partial charge in [-0.15, -0.1) is 0 Å². The molecule has 0 radical (unpaired) electrons. The molecule has 1 rings (SSSR count). The Labute approximate surface area is 88.7 Å². The SMILES string of the molecule is [124I]CCOC1CCC=CCCC1. The maximum Gasteiger partial charge on any atom is 0.0578 e. The van der Waals surface area contributed by atoms with E-state index in [0.717, 1.165) is 11.0 Å². The van der Waals surface area contributed by atoms with Gasteiger partial charge in [-0.3, -0.25) is 0 Å². The van der Waals surface area contributed by atoms with Gasteiger partial charge >= 0.3 is 0 Å². The second-order valence-electron chi connectivity index (χ2n) is 3.16. The predicted octanol–water partition coefficient (Wildman–Crippen LogP) is 3.33. The zero-order valence-corrected chi connectivity index (χ0v) is 9.63. The van der Waals surface area contributed by atoms with Gasteiger partial charge in [-0.1, -0.05) is 34.7 Å². The number of allylic oxidation sites excluding steroid dienone is 2. The van der Waals surface area contributed by atoms with Crippen molar-refractivity contribution in [1.29, 1.82) is 0 Å². The molecular formula is C10H17IO. The predicted molar refractivity (Wildman–Crippen MR) is 60.9 cm³/mol. The van der Waals surface area contributed by atoms with E-state index >= 15 is 0 Å². The van der Waals surface area contributed by atoms with E-state index in [9.17, 15) is 0 Å². The van der Waals surface area contributed by atoms with Crippen LogP contribution in [0.15, 0.2) is 12.2 Å². The first kappa shape index (κ1) is 10.5. The minimum absolute atomic E-state index is 0.532. The summed E-state index contributed by atoms with van der Waals surface area (Å²) in [6.45, 7) is 0.926. The van der Waals surface area contributed by atoms with Crippen molar-refractivity contribution in [3.05, 3.63) is 12.2 Å². The number of alkyl halides is 1. The standard InChI is InChI=1S/C10H17IO/c11-8-9-12-10-6-4-2-1-3-5-7-10/h1-2,10H,3-9H2/i11-3. The van der Waals surface area contributed by atoms with Gasteiger partial charge in [0.2, 0.25) is 0 Å². The van der Waals surface area contributed by atoms with Crippen LogP contribution in [-0.4, -0.2) is 17.1 Å². The quantitative estimate of drug-likeness (QED) is 0.437. The third-order valence-corrected chi connectivity index (χ3v) is 2.59. The molecule has 0 fully saturated rings. The van der Waals surface area contributed by atoms with E-state index in [0.29, 0.717) is 6.10 Å². The van der Waals surface area contributed by atoms with Crippen molar-refractivity contribution >= 4 is 22.6 Å². The summed E-state index contributed by atoms with van der Waals surface area (Å²) in [5.74, 6) is 0. The van der Waals surface area contributed by atoms with Crippen LogP contribution in [0.25, 0.3) is 0 Å². The van der Waals surface area contributed by atoms with E-state index < -0.39 is 0 Å². The van der Waals surface area contributed by atoms with Crippen LogP contribution in [0.3, 0.4) is 0 Å². The highest BCUT2D eigenvalue weighted by molar-refractivity contribution is 14.1. The molecule has 0 aromatic rings. The smallest absolute Gasteiger partial charge is 0.0578 e. The minimum Gasteiger partial charge on any atom is -0.377 e. The lowest BCUT2D eigenvalue weighted by Crippen LogP contribution is -2.14. The molecule has 0 amide bonds. The van der Waals surface area contributed by atoms with Gasteiger partial charge in [0.15, 0.2) is 0 Å². The van der Waals surface area contributed by atoms with Crippen LogP contribution in [0.4, 0.5) is 0 Å². The summed E-state index contributed by atoms with van der Waals surface area (Å²) in [6, 6.07) is 0. The fraction of sp³-hybridized carbons (Fsp3) is 0.800. The van der Waals surface area contributed by atoms with Crippen LogP contribution in [0, 0.1) is 0 Å². The monoisotopic (exact) mass is 277 g/mol. The lowest BCUT2D eigenvalue weighted by atomic mass is 10.0. The van der Waals surface area contributed by atoms with E-state index in [2.05, 4.69) is 34.7 Å². The average Bonchev–Trinajstić information content (AvgIpc) is 2.02. The molecule has 0 heterocycles. The third-order valence-electron chi connectivity index (χ3n) is 2.15. The molecule has 12 heavy (non-hydrogen) atoms. The summed E-state index contributed by atoms with van der Waals surface area (Å²) in [6.07, 6.45) is 11.3.